The molecular formula is C62H40N2O. The van der Waals surface area contributed by atoms with Crippen molar-refractivity contribution in [2.24, 2.45) is 0 Å². The molecule has 2 heterocycles. The minimum atomic E-state index is 0.900. The van der Waals surface area contributed by atoms with E-state index in [0.717, 1.165) is 72.5 Å². The van der Waals surface area contributed by atoms with E-state index in [1.54, 1.807) is 0 Å². The van der Waals surface area contributed by atoms with Gasteiger partial charge in [-0.05, 0) is 87.4 Å². The van der Waals surface area contributed by atoms with Crippen LogP contribution in [0, 0.1) is 0 Å². The van der Waals surface area contributed by atoms with Crippen LogP contribution in [-0.4, -0.2) is 4.57 Å². The molecule has 0 fully saturated rings. The number of fused-ring (bicyclic) bond motifs is 9. The second-order valence-electron chi connectivity index (χ2n) is 16.8. The maximum atomic E-state index is 6.50. The summed E-state index contributed by atoms with van der Waals surface area (Å²) < 4.78 is 8.93. The van der Waals surface area contributed by atoms with Gasteiger partial charge in [-0.15, -0.1) is 0 Å². The lowest BCUT2D eigenvalue weighted by atomic mass is 9.95. The van der Waals surface area contributed by atoms with Crippen LogP contribution in [0.1, 0.15) is 0 Å². The third-order valence-electron chi connectivity index (χ3n) is 13.2. The van der Waals surface area contributed by atoms with Crippen LogP contribution < -0.4 is 4.90 Å². The van der Waals surface area contributed by atoms with Crippen LogP contribution >= 0.6 is 0 Å². The lowest BCUT2D eigenvalue weighted by Gasteiger charge is -2.29. The first kappa shape index (κ1) is 36.9. The van der Waals surface area contributed by atoms with E-state index < -0.39 is 0 Å². The average Bonchev–Trinajstić information content (AvgIpc) is 3.93. The summed E-state index contributed by atoms with van der Waals surface area (Å²) in [5.41, 5.74) is 15.4. The number of aromatic nitrogens is 1. The second-order valence-corrected chi connectivity index (χ2v) is 16.8. The van der Waals surface area contributed by atoms with Crippen LogP contribution in [0.2, 0.25) is 0 Å². The van der Waals surface area contributed by atoms with E-state index in [1.807, 2.05) is 12.1 Å². The fourth-order valence-electron chi connectivity index (χ4n) is 10.3. The summed E-state index contributed by atoms with van der Waals surface area (Å²) in [5.74, 6) is 0. The summed E-state index contributed by atoms with van der Waals surface area (Å²) in [7, 11) is 0. The van der Waals surface area contributed by atoms with Crippen LogP contribution in [0.5, 0.6) is 0 Å². The Morgan fingerprint density at radius 2 is 0.892 bits per heavy atom. The van der Waals surface area contributed by atoms with Gasteiger partial charge in [0.2, 0.25) is 0 Å². The first-order valence-corrected chi connectivity index (χ1v) is 22.3. The van der Waals surface area contributed by atoms with Gasteiger partial charge in [0.15, 0.2) is 0 Å². The van der Waals surface area contributed by atoms with Crippen LogP contribution in [-0.2, 0) is 0 Å². The SMILES string of the molecule is c1cc(-c2ccccc2N(c2ccc(-c3cccc4c3oc3ccccc34)cc2)c2cccc3ccc4ccccc4c23)cc(-c2ccccc2-n2c3ccccc3c3ccccc32)c1. The number of para-hydroxylation sites is 6. The van der Waals surface area contributed by atoms with Crippen molar-refractivity contribution < 1.29 is 4.42 Å². The molecule has 0 aliphatic heterocycles. The molecule has 13 aromatic rings. The van der Waals surface area contributed by atoms with Gasteiger partial charge in [-0.2, -0.15) is 0 Å². The number of nitrogens with zero attached hydrogens (tertiary/aromatic N) is 2. The van der Waals surface area contributed by atoms with Gasteiger partial charge in [0.25, 0.3) is 0 Å². The van der Waals surface area contributed by atoms with Crippen LogP contribution in [0.25, 0.3) is 104 Å². The van der Waals surface area contributed by atoms with E-state index in [0.29, 0.717) is 0 Å². The van der Waals surface area contributed by atoms with Crippen molar-refractivity contribution in [3.63, 3.8) is 0 Å². The van der Waals surface area contributed by atoms with Crippen LogP contribution in [0.4, 0.5) is 17.1 Å². The Morgan fingerprint density at radius 1 is 0.338 bits per heavy atom. The van der Waals surface area contributed by atoms with Gasteiger partial charge < -0.3 is 13.9 Å². The smallest absolute Gasteiger partial charge is 0.143 e. The molecule has 2 aromatic heterocycles. The maximum absolute atomic E-state index is 6.50. The van der Waals surface area contributed by atoms with Crippen molar-refractivity contribution in [2.75, 3.05) is 4.90 Å². The highest BCUT2D eigenvalue weighted by molar-refractivity contribution is 6.16. The molecule has 0 aliphatic rings. The van der Waals surface area contributed by atoms with Crippen LogP contribution in [0.15, 0.2) is 247 Å². The number of hydrogen-bond donors (Lipinski definition) is 0. The van der Waals surface area contributed by atoms with Crippen molar-refractivity contribution >= 4 is 82.4 Å². The minimum absolute atomic E-state index is 0.900. The van der Waals surface area contributed by atoms with Gasteiger partial charge in [-0.1, -0.05) is 188 Å². The molecular weight excluding hydrogens is 789 g/mol. The number of furan rings is 1. The molecule has 0 unspecified atom stereocenters. The van der Waals surface area contributed by atoms with Crippen molar-refractivity contribution in [1.29, 1.82) is 0 Å². The van der Waals surface area contributed by atoms with E-state index in [2.05, 4.69) is 240 Å². The molecule has 0 saturated heterocycles. The Kier molecular flexibility index (Phi) is 8.53. The second kappa shape index (κ2) is 15.0. The Hall–Kier alpha value is -8.66. The van der Waals surface area contributed by atoms with E-state index >= 15 is 0 Å². The van der Waals surface area contributed by atoms with Crippen LogP contribution in [0.3, 0.4) is 0 Å². The van der Waals surface area contributed by atoms with Crippen molar-refractivity contribution in [3.8, 4) is 39.1 Å². The number of hydrogen-bond acceptors (Lipinski definition) is 2. The summed E-state index contributed by atoms with van der Waals surface area (Å²) in [4.78, 5) is 2.45. The highest BCUT2D eigenvalue weighted by Gasteiger charge is 2.22. The quantitative estimate of drug-likeness (QED) is 0.149. The van der Waals surface area contributed by atoms with Gasteiger partial charge in [-0.3, -0.25) is 0 Å². The molecule has 0 spiro atoms. The fraction of sp³-hybridized carbons (Fsp3) is 0. The molecule has 0 amide bonds. The first-order valence-electron chi connectivity index (χ1n) is 22.3. The summed E-state index contributed by atoms with van der Waals surface area (Å²) >= 11 is 0. The molecule has 0 bridgehead atoms. The molecule has 13 rings (SSSR count). The molecule has 65 heavy (non-hydrogen) atoms. The minimum Gasteiger partial charge on any atom is -0.455 e. The molecule has 3 heteroatoms. The lowest BCUT2D eigenvalue weighted by Crippen LogP contribution is -2.12. The zero-order valence-corrected chi connectivity index (χ0v) is 35.4. The Morgan fingerprint density at radius 3 is 1.71 bits per heavy atom. The highest BCUT2D eigenvalue weighted by atomic mass is 16.3. The molecule has 0 radical (unpaired) electrons. The summed E-state index contributed by atoms with van der Waals surface area (Å²) in [6, 6.07) is 87.8. The molecule has 304 valence electrons. The van der Waals surface area contributed by atoms with Gasteiger partial charge in [0, 0.05) is 49.3 Å². The monoisotopic (exact) mass is 828 g/mol. The average molecular weight is 829 g/mol. The Bertz CT molecular complexity index is 3910. The Balaban J connectivity index is 0.993. The summed E-state index contributed by atoms with van der Waals surface area (Å²) in [6.45, 7) is 0. The van der Waals surface area contributed by atoms with E-state index in [4.69, 9.17) is 4.42 Å². The molecule has 0 aliphatic carbocycles. The van der Waals surface area contributed by atoms with E-state index in [1.165, 1.54) is 48.9 Å². The number of benzene rings is 11. The van der Waals surface area contributed by atoms with Crippen molar-refractivity contribution in [1.82, 2.24) is 4.57 Å². The number of rotatable bonds is 7. The van der Waals surface area contributed by atoms with Gasteiger partial charge in [0.05, 0.1) is 28.1 Å². The first-order chi connectivity index (χ1) is 32.3. The molecule has 0 N–H and O–H groups in total. The zero-order valence-electron chi connectivity index (χ0n) is 35.4. The zero-order chi connectivity index (χ0) is 42.8. The van der Waals surface area contributed by atoms with Crippen molar-refractivity contribution in [3.05, 3.63) is 243 Å². The fourth-order valence-corrected chi connectivity index (χ4v) is 10.3. The van der Waals surface area contributed by atoms with Gasteiger partial charge >= 0.3 is 0 Å². The third kappa shape index (κ3) is 5.97. The van der Waals surface area contributed by atoms with E-state index in [9.17, 15) is 0 Å². The highest BCUT2D eigenvalue weighted by Crippen LogP contribution is 2.47. The maximum Gasteiger partial charge on any atom is 0.143 e. The Labute approximate surface area is 376 Å². The lowest BCUT2D eigenvalue weighted by molar-refractivity contribution is 0.670. The summed E-state index contributed by atoms with van der Waals surface area (Å²) in [6.07, 6.45) is 0. The van der Waals surface area contributed by atoms with Gasteiger partial charge in [-0.25, -0.2) is 0 Å². The predicted octanol–water partition coefficient (Wildman–Crippen LogP) is 17.5. The molecule has 0 atom stereocenters. The normalized spacial score (nSPS) is 11.7. The molecule has 3 nitrogen and oxygen atoms in total. The third-order valence-corrected chi connectivity index (χ3v) is 13.2. The van der Waals surface area contributed by atoms with Crippen molar-refractivity contribution in [2.45, 2.75) is 0 Å². The summed E-state index contributed by atoms with van der Waals surface area (Å²) in [5, 5.41) is 9.60. The largest absolute Gasteiger partial charge is 0.455 e. The molecule has 0 saturated carbocycles. The number of anilines is 3. The van der Waals surface area contributed by atoms with Gasteiger partial charge in [0.1, 0.15) is 11.2 Å². The standard InChI is InChI=1S/C62H40N2O/c1-2-22-49-41(16-1)34-35-43-17-14-32-59(61(43)49)63(46-38-36-42(37-39-46)50-26-15-27-54-53-25-7-12-33-60(53)65-62(50)54)55-28-8-3-20-47(55)44-18-13-19-45(40-44)48-21-4-9-29-56(48)64-57-30-10-5-23-51(57)52-24-6-11-31-58(52)64/h1-40H. The topological polar surface area (TPSA) is 21.3 Å². The predicted molar refractivity (Wildman–Crippen MR) is 274 cm³/mol. The van der Waals surface area contributed by atoms with E-state index in [-0.39, 0.29) is 0 Å². The molecule has 11 aromatic carbocycles.